The van der Waals surface area contributed by atoms with Gasteiger partial charge < -0.3 is 4.74 Å². The average molecular weight is 174 g/mol. The molecule has 2 heteroatoms. The third kappa shape index (κ3) is 1.35. The summed E-state index contributed by atoms with van der Waals surface area (Å²) in [7, 11) is 0. The van der Waals surface area contributed by atoms with Crippen LogP contribution >= 0.6 is 0 Å². The van der Waals surface area contributed by atoms with Crippen molar-refractivity contribution in [3.05, 3.63) is 42.0 Å². The zero-order valence-electron chi connectivity index (χ0n) is 7.25. The Balaban J connectivity index is 2.44. The second kappa shape index (κ2) is 3.05. The Kier molecular flexibility index (Phi) is 1.89. The van der Waals surface area contributed by atoms with Crippen LogP contribution in [0, 0.1) is 0 Å². The molecule has 0 N–H and O–H groups in total. The van der Waals surface area contributed by atoms with Crippen molar-refractivity contribution in [3.8, 4) is 5.75 Å². The van der Waals surface area contributed by atoms with Crippen molar-refractivity contribution in [2.24, 2.45) is 0 Å². The van der Waals surface area contributed by atoms with Gasteiger partial charge in [-0.1, -0.05) is 24.3 Å². The van der Waals surface area contributed by atoms with E-state index in [2.05, 4.69) is 6.58 Å². The van der Waals surface area contributed by atoms with E-state index in [4.69, 9.17) is 4.74 Å². The maximum absolute atomic E-state index is 11.0. The number of allylic oxidation sites excluding steroid dienone is 1. The Morgan fingerprint density at radius 3 is 3.15 bits per heavy atom. The van der Waals surface area contributed by atoms with Crippen LogP contribution in [-0.2, 0) is 17.6 Å². The van der Waals surface area contributed by atoms with Gasteiger partial charge in [-0.15, -0.1) is 6.58 Å². The van der Waals surface area contributed by atoms with Gasteiger partial charge in [0.05, 0.1) is 6.42 Å². The molecule has 0 unspecified atom stereocenters. The molecule has 0 fully saturated rings. The van der Waals surface area contributed by atoms with Crippen LogP contribution in [0.4, 0.5) is 0 Å². The molecule has 1 heterocycles. The van der Waals surface area contributed by atoms with Crippen molar-refractivity contribution in [1.29, 1.82) is 0 Å². The van der Waals surface area contributed by atoms with Gasteiger partial charge in [0.2, 0.25) is 0 Å². The van der Waals surface area contributed by atoms with Crippen molar-refractivity contribution in [2.45, 2.75) is 12.8 Å². The molecule has 0 amide bonds. The lowest BCUT2D eigenvalue weighted by Crippen LogP contribution is -2.01. The highest BCUT2D eigenvalue weighted by Crippen LogP contribution is 2.30. The van der Waals surface area contributed by atoms with E-state index in [1.165, 1.54) is 0 Å². The van der Waals surface area contributed by atoms with E-state index in [1.54, 1.807) is 0 Å². The second-order valence-corrected chi connectivity index (χ2v) is 3.05. The molecule has 0 saturated carbocycles. The molecular weight excluding hydrogens is 164 g/mol. The van der Waals surface area contributed by atoms with Gasteiger partial charge in [0.15, 0.2) is 0 Å². The summed E-state index contributed by atoms with van der Waals surface area (Å²) < 4.78 is 5.10. The largest absolute Gasteiger partial charge is 0.426 e. The molecule has 1 aromatic rings. The van der Waals surface area contributed by atoms with Crippen LogP contribution in [0.2, 0.25) is 0 Å². The first-order valence-corrected chi connectivity index (χ1v) is 4.23. The van der Waals surface area contributed by atoms with Crippen LogP contribution < -0.4 is 4.74 Å². The topological polar surface area (TPSA) is 26.3 Å². The minimum atomic E-state index is -0.161. The first-order chi connectivity index (χ1) is 6.31. The molecule has 0 aromatic heterocycles. The Morgan fingerprint density at radius 2 is 2.38 bits per heavy atom. The minimum absolute atomic E-state index is 0.161. The van der Waals surface area contributed by atoms with E-state index in [1.807, 2.05) is 24.3 Å². The Morgan fingerprint density at radius 1 is 1.54 bits per heavy atom. The van der Waals surface area contributed by atoms with Gasteiger partial charge in [-0.3, -0.25) is 4.79 Å². The number of ether oxygens (including phenoxy) is 1. The van der Waals surface area contributed by atoms with Crippen LogP contribution in [0.3, 0.4) is 0 Å². The SMILES string of the molecule is C=CCc1cccc2c1OC(=O)C2. The summed E-state index contributed by atoms with van der Waals surface area (Å²) in [5.41, 5.74) is 2.03. The van der Waals surface area contributed by atoms with E-state index in [0.717, 1.165) is 23.3 Å². The van der Waals surface area contributed by atoms with Gasteiger partial charge in [0.25, 0.3) is 0 Å². The second-order valence-electron chi connectivity index (χ2n) is 3.05. The summed E-state index contributed by atoms with van der Waals surface area (Å²) in [4.78, 5) is 11.0. The van der Waals surface area contributed by atoms with E-state index < -0.39 is 0 Å². The number of rotatable bonds is 2. The molecule has 1 aromatic carbocycles. The monoisotopic (exact) mass is 174 g/mol. The van der Waals surface area contributed by atoms with Crippen molar-refractivity contribution in [3.63, 3.8) is 0 Å². The Bertz CT molecular complexity index is 366. The lowest BCUT2D eigenvalue weighted by atomic mass is 10.1. The number of carbonyl (C=O) groups excluding carboxylic acids is 1. The average Bonchev–Trinajstić information content (AvgIpc) is 2.47. The van der Waals surface area contributed by atoms with Gasteiger partial charge in [0.1, 0.15) is 5.75 Å². The molecule has 13 heavy (non-hydrogen) atoms. The molecular formula is C11H10O2. The molecule has 2 nitrogen and oxygen atoms in total. The van der Waals surface area contributed by atoms with E-state index in [9.17, 15) is 4.79 Å². The third-order valence-corrected chi connectivity index (χ3v) is 2.09. The van der Waals surface area contributed by atoms with Crippen molar-refractivity contribution in [2.75, 3.05) is 0 Å². The molecule has 0 radical (unpaired) electrons. The quantitative estimate of drug-likeness (QED) is 0.388. The minimum Gasteiger partial charge on any atom is -0.426 e. The number of hydrogen-bond acceptors (Lipinski definition) is 2. The molecule has 0 saturated heterocycles. The lowest BCUT2D eigenvalue weighted by molar-refractivity contribution is -0.131. The molecule has 0 atom stereocenters. The van der Waals surface area contributed by atoms with Crippen molar-refractivity contribution >= 4 is 5.97 Å². The van der Waals surface area contributed by atoms with Crippen LogP contribution in [0.15, 0.2) is 30.9 Å². The number of hydrogen-bond donors (Lipinski definition) is 0. The molecule has 0 bridgehead atoms. The van der Waals surface area contributed by atoms with Crippen LogP contribution in [-0.4, -0.2) is 5.97 Å². The number of benzene rings is 1. The summed E-state index contributed by atoms with van der Waals surface area (Å²) in [6, 6.07) is 5.82. The molecule has 1 aliphatic heterocycles. The third-order valence-electron chi connectivity index (χ3n) is 2.09. The lowest BCUT2D eigenvalue weighted by Gasteiger charge is -2.03. The highest BCUT2D eigenvalue weighted by atomic mass is 16.5. The Labute approximate surface area is 76.8 Å². The first kappa shape index (κ1) is 8.05. The fourth-order valence-electron chi connectivity index (χ4n) is 1.53. The summed E-state index contributed by atoms with van der Waals surface area (Å²) in [5.74, 6) is 0.582. The maximum atomic E-state index is 11.0. The fraction of sp³-hybridized carbons (Fsp3) is 0.182. The van der Waals surface area contributed by atoms with E-state index >= 15 is 0 Å². The van der Waals surface area contributed by atoms with Gasteiger partial charge in [0, 0.05) is 5.56 Å². The summed E-state index contributed by atoms with van der Waals surface area (Å²) >= 11 is 0. The van der Waals surface area contributed by atoms with E-state index in [0.29, 0.717) is 6.42 Å². The fourth-order valence-corrected chi connectivity index (χ4v) is 1.53. The van der Waals surface area contributed by atoms with Gasteiger partial charge in [-0.25, -0.2) is 0 Å². The summed E-state index contributed by atoms with van der Waals surface area (Å²) in [6.45, 7) is 3.66. The normalized spacial score (nSPS) is 13.7. The maximum Gasteiger partial charge on any atom is 0.315 e. The zero-order valence-corrected chi connectivity index (χ0v) is 7.25. The molecule has 0 spiro atoms. The highest BCUT2D eigenvalue weighted by Gasteiger charge is 2.21. The zero-order chi connectivity index (χ0) is 9.26. The number of esters is 1. The van der Waals surface area contributed by atoms with Gasteiger partial charge >= 0.3 is 5.97 Å². The van der Waals surface area contributed by atoms with Crippen molar-refractivity contribution in [1.82, 2.24) is 0 Å². The summed E-state index contributed by atoms with van der Waals surface area (Å²) in [5, 5.41) is 0. The van der Waals surface area contributed by atoms with Crippen LogP contribution in [0.1, 0.15) is 11.1 Å². The van der Waals surface area contributed by atoms with Gasteiger partial charge in [-0.2, -0.15) is 0 Å². The number of carbonyl (C=O) groups is 1. The first-order valence-electron chi connectivity index (χ1n) is 4.23. The highest BCUT2D eigenvalue weighted by molar-refractivity contribution is 5.81. The van der Waals surface area contributed by atoms with Crippen LogP contribution in [0.5, 0.6) is 5.75 Å². The van der Waals surface area contributed by atoms with Crippen LogP contribution in [0.25, 0.3) is 0 Å². The molecule has 1 aliphatic rings. The molecule has 0 aliphatic carbocycles. The molecule has 2 rings (SSSR count). The van der Waals surface area contributed by atoms with Gasteiger partial charge in [-0.05, 0) is 12.0 Å². The smallest absolute Gasteiger partial charge is 0.315 e. The predicted octanol–water partition coefficient (Wildman–Crippen LogP) is 1.88. The predicted molar refractivity (Wildman–Crippen MR) is 49.7 cm³/mol. The van der Waals surface area contributed by atoms with Crippen molar-refractivity contribution < 1.29 is 9.53 Å². The number of fused-ring (bicyclic) bond motifs is 1. The molecule has 66 valence electrons. The Hall–Kier alpha value is -1.57. The van der Waals surface area contributed by atoms with E-state index in [-0.39, 0.29) is 5.97 Å². The summed E-state index contributed by atoms with van der Waals surface area (Å²) in [6.07, 6.45) is 2.96. The number of para-hydroxylation sites is 1. The standard InChI is InChI=1S/C11H10O2/c1-2-4-8-5-3-6-9-7-10(12)13-11(8)9/h2-3,5-6H,1,4,7H2.